The minimum Gasteiger partial charge on any atom is -0.376 e. The van der Waals surface area contributed by atoms with E-state index in [1.54, 1.807) is 0 Å². The molecule has 33 heavy (non-hydrogen) atoms. The van der Waals surface area contributed by atoms with Crippen LogP contribution < -0.4 is 5.32 Å². The number of benzene rings is 2. The lowest BCUT2D eigenvalue weighted by molar-refractivity contribution is -0.123. The highest BCUT2D eigenvalue weighted by Crippen LogP contribution is 2.20. The van der Waals surface area contributed by atoms with Crippen molar-refractivity contribution in [1.29, 1.82) is 0 Å². The van der Waals surface area contributed by atoms with E-state index in [9.17, 15) is 4.79 Å². The maximum Gasteiger partial charge on any atom is 0.234 e. The third-order valence-electron chi connectivity index (χ3n) is 6.67. The molecule has 1 amide bonds. The molecule has 3 aromatic rings. The summed E-state index contributed by atoms with van der Waals surface area (Å²) in [5.74, 6) is 1.20. The molecule has 2 aliphatic rings. The molecule has 174 valence electrons. The quantitative estimate of drug-likeness (QED) is 0.575. The van der Waals surface area contributed by atoms with Crippen LogP contribution in [0.2, 0.25) is 0 Å². The minimum atomic E-state index is 0.101. The normalized spacial score (nSPS) is 19.8. The van der Waals surface area contributed by atoms with Gasteiger partial charge in [0, 0.05) is 45.9 Å². The van der Waals surface area contributed by atoms with Gasteiger partial charge < -0.3 is 14.6 Å². The van der Waals surface area contributed by atoms with Crippen LogP contribution in [-0.2, 0) is 22.6 Å². The van der Waals surface area contributed by atoms with Gasteiger partial charge in [-0.3, -0.25) is 14.6 Å². The van der Waals surface area contributed by atoms with Gasteiger partial charge in [0.15, 0.2) is 0 Å². The van der Waals surface area contributed by atoms with Crippen molar-refractivity contribution >= 4 is 16.9 Å². The predicted molar refractivity (Wildman–Crippen MR) is 129 cm³/mol. The molecule has 7 heteroatoms. The fourth-order valence-electron chi connectivity index (χ4n) is 4.79. The van der Waals surface area contributed by atoms with Gasteiger partial charge in [-0.15, -0.1) is 0 Å². The summed E-state index contributed by atoms with van der Waals surface area (Å²) in [4.78, 5) is 22.0. The lowest BCUT2D eigenvalue weighted by Crippen LogP contribution is -2.49. The van der Waals surface area contributed by atoms with Crippen LogP contribution in [-0.4, -0.2) is 77.2 Å². The van der Waals surface area contributed by atoms with Crippen LogP contribution in [0.4, 0.5) is 0 Å². The zero-order valence-corrected chi connectivity index (χ0v) is 19.2. The summed E-state index contributed by atoms with van der Waals surface area (Å²) in [6.45, 7) is 7.23. The second-order valence-corrected chi connectivity index (χ2v) is 9.08. The highest BCUT2D eigenvalue weighted by molar-refractivity contribution is 5.78. The van der Waals surface area contributed by atoms with Gasteiger partial charge in [0.25, 0.3) is 0 Å². The summed E-state index contributed by atoms with van der Waals surface area (Å²) in [6, 6.07) is 18.9. The Hall–Kier alpha value is -2.74. The molecule has 0 saturated carbocycles. The van der Waals surface area contributed by atoms with Gasteiger partial charge in [0.05, 0.1) is 30.2 Å². The number of carbonyl (C=O) groups excluding carboxylic acids is 1. The van der Waals surface area contributed by atoms with Crippen LogP contribution in [0.3, 0.4) is 0 Å². The van der Waals surface area contributed by atoms with Crippen LogP contribution in [0.15, 0.2) is 54.6 Å². The van der Waals surface area contributed by atoms with E-state index in [2.05, 4.69) is 74.3 Å². The molecule has 7 nitrogen and oxygen atoms in total. The van der Waals surface area contributed by atoms with Crippen molar-refractivity contribution in [2.45, 2.75) is 32.0 Å². The summed E-state index contributed by atoms with van der Waals surface area (Å²) in [5, 5.41) is 3.04. The largest absolute Gasteiger partial charge is 0.376 e. The zero-order chi connectivity index (χ0) is 22.5. The first-order valence-electron chi connectivity index (χ1n) is 12.1. The molecule has 1 aromatic heterocycles. The van der Waals surface area contributed by atoms with Crippen molar-refractivity contribution in [3.05, 3.63) is 66.0 Å². The molecule has 2 aromatic carbocycles. The topological polar surface area (TPSA) is 62.6 Å². The number of rotatable bonds is 8. The minimum absolute atomic E-state index is 0.101. The number of hydrogen-bond donors (Lipinski definition) is 1. The lowest BCUT2D eigenvalue weighted by atomic mass is 10.2. The number of aromatic nitrogens is 2. The average molecular weight is 448 g/mol. The van der Waals surface area contributed by atoms with E-state index < -0.39 is 0 Å². The van der Waals surface area contributed by atoms with Gasteiger partial charge in [-0.05, 0) is 30.5 Å². The van der Waals surface area contributed by atoms with E-state index in [0.717, 1.165) is 70.1 Å². The molecule has 2 saturated heterocycles. The molecule has 0 spiro atoms. The number of hydrogen-bond acceptors (Lipinski definition) is 5. The highest BCUT2D eigenvalue weighted by atomic mass is 16.5. The highest BCUT2D eigenvalue weighted by Gasteiger charge is 2.22. The number of ether oxygens (including phenoxy) is 1. The fraction of sp³-hybridized carbons (Fsp3) is 0.462. The predicted octanol–water partition coefficient (Wildman–Crippen LogP) is 2.50. The number of nitrogens with one attached hydrogen (secondary N) is 1. The molecule has 5 rings (SSSR count). The lowest BCUT2D eigenvalue weighted by Gasteiger charge is -2.34. The Morgan fingerprint density at radius 2 is 1.73 bits per heavy atom. The Morgan fingerprint density at radius 3 is 2.52 bits per heavy atom. The van der Waals surface area contributed by atoms with E-state index in [1.807, 2.05) is 0 Å². The Kier molecular flexibility index (Phi) is 7.00. The Morgan fingerprint density at radius 1 is 0.970 bits per heavy atom. The molecule has 3 heterocycles. The van der Waals surface area contributed by atoms with Gasteiger partial charge in [-0.25, -0.2) is 4.98 Å². The van der Waals surface area contributed by atoms with Crippen molar-refractivity contribution in [2.24, 2.45) is 0 Å². The first-order chi connectivity index (χ1) is 16.2. The molecule has 0 radical (unpaired) electrons. The Bertz CT molecular complexity index is 1050. The number of fused-ring (bicyclic) bond motifs is 1. The van der Waals surface area contributed by atoms with Crippen molar-refractivity contribution in [3.63, 3.8) is 0 Å². The van der Waals surface area contributed by atoms with Gasteiger partial charge in [-0.2, -0.15) is 0 Å². The molecule has 0 unspecified atom stereocenters. The molecule has 0 aliphatic carbocycles. The maximum absolute atomic E-state index is 12.3. The van der Waals surface area contributed by atoms with Crippen LogP contribution in [0.5, 0.6) is 0 Å². The smallest absolute Gasteiger partial charge is 0.234 e. The molecule has 2 aliphatic heterocycles. The summed E-state index contributed by atoms with van der Waals surface area (Å²) in [5.41, 5.74) is 3.50. The number of imidazole rings is 1. The molecular formula is C26H33N5O2. The van der Waals surface area contributed by atoms with Gasteiger partial charge in [-0.1, -0.05) is 42.5 Å². The fourth-order valence-corrected chi connectivity index (χ4v) is 4.79. The van der Waals surface area contributed by atoms with Crippen molar-refractivity contribution in [1.82, 2.24) is 24.7 Å². The number of nitrogens with zero attached hydrogens (tertiary/aromatic N) is 4. The molecular weight excluding hydrogens is 414 g/mol. The molecule has 2 fully saturated rings. The number of amides is 1. The number of piperazine rings is 1. The van der Waals surface area contributed by atoms with Crippen molar-refractivity contribution in [2.75, 3.05) is 45.9 Å². The molecule has 1 atom stereocenters. The van der Waals surface area contributed by atoms with E-state index in [4.69, 9.17) is 9.72 Å². The van der Waals surface area contributed by atoms with Crippen LogP contribution in [0.1, 0.15) is 24.2 Å². The van der Waals surface area contributed by atoms with Gasteiger partial charge in [0.1, 0.15) is 5.82 Å². The van der Waals surface area contributed by atoms with Crippen molar-refractivity contribution in [3.8, 4) is 0 Å². The van der Waals surface area contributed by atoms with Gasteiger partial charge >= 0.3 is 0 Å². The summed E-state index contributed by atoms with van der Waals surface area (Å²) < 4.78 is 7.93. The van der Waals surface area contributed by atoms with Crippen LogP contribution >= 0.6 is 0 Å². The third kappa shape index (κ3) is 5.61. The van der Waals surface area contributed by atoms with E-state index in [1.165, 1.54) is 11.1 Å². The van der Waals surface area contributed by atoms with E-state index in [-0.39, 0.29) is 12.0 Å². The second kappa shape index (κ2) is 10.5. The third-order valence-corrected chi connectivity index (χ3v) is 6.67. The second-order valence-electron chi connectivity index (χ2n) is 9.08. The van der Waals surface area contributed by atoms with Gasteiger partial charge in [0.2, 0.25) is 5.91 Å². The Labute approximate surface area is 195 Å². The van der Waals surface area contributed by atoms with Crippen molar-refractivity contribution < 1.29 is 9.53 Å². The Balaban J connectivity index is 1.17. The molecule has 1 N–H and O–H groups in total. The number of para-hydroxylation sites is 2. The van der Waals surface area contributed by atoms with E-state index >= 15 is 0 Å². The van der Waals surface area contributed by atoms with E-state index in [0.29, 0.717) is 13.1 Å². The summed E-state index contributed by atoms with van der Waals surface area (Å²) >= 11 is 0. The van der Waals surface area contributed by atoms with Crippen LogP contribution in [0.25, 0.3) is 11.0 Å². The average Bonchev–Trinajstić information content (AvgIpc) is 3.48. The van der Waals surface area contributed by atoms with Crippen LogP contribution in [0, 0.1) is 0 Å². The maximum atomic E-state index is 12.3. The zero-order valence-electron chi connectivity index (χ0n) is 19.2. The molecule has 0 bridgehead atoms. The number of carbonyl (C=O) groups is 1. The first-order valence-corrected chi connectivity index (χ1v) is 12.1. The summed E-state index contributed by atoms with van der Waals surface area (Å²) in [6.07, 6.45) is 2.34. The summed E-state index contributed by atoms with van der Waals surface area (Å²) in [7, 11) is 0. The first kappa shape index (κ1) is 22.1. The standard InChI is InChI=1S/C26H33N5O2/c32-26(27-17-22-9-6-16-33-22)20-30-14-12-29(13-15-30)19-25-28-23-10-4-5-11-24(23)31(25)18-21-7-2-1-3-8-21/h1-5,7-8,10-11,22H,6,9,12-20H2,(H,27,32)/t22-/m0/s1. The monoisotopic (exact) mass is 447 g/mol. The SMILES string of the molecule is O=C(CN1CCN(Cc2nc3ccccc3n2Cc2ccccc2)CC1)NC[C@@H]1CCCO1.